The van der Waals surface area contributed by atoms with E-state index >= 15 is 0 Å². The molecule has 0 aromatic rings. The lowest BCUT2D eigenvalue weighted by Gasteiger charge is -2.41. The quantitative estimate of drug-likeness (QED) is 0.129. The highest BCUT2D eigenvalue weighted by Gasteiger charge is 2.95. The Kier molecular flexibility index (Phi) is 11.1. The summed E-state index contributed by atoms with van der Waals surface area (Å²) >= 11 is 0. The van der Waals surface area contributed by atoms with Crippen LogP contribution in [0.5, 0.6) is 0 Å². The van der Waals surface area contributed by atoms with Crippen molar-refractivity contribution in [2.24, 2.45) is 0 Å². The molecule has 0 aliphatic heterocycles. The Morgan fingerprint density at radius 1 is 0.250 bits per heavy atom. The minimum absolute atomic E-state index is 1.46. The molecular weight excluding hydrogens is 817 g/mol. The lowest BCUT2D eigenvalue weighted by atomic mass is 9.93. The van der Waals surface area contributed by atoms with Crippen LogP contribution >= 0.6 is 8.25 Å². The van der Waals surface area contributed by atoms with E-state index in [1.54, 1.807) is 0 Å². The minimum atomic E-state index is -9.17. The van der Waals surface area contributed by atoms with Gasteiger partial charge in [-0.2, -0.15) is 132 Å². The maximum absolute atomic E-state index is 13.5. The molecular formula is C14HF30O3P. The van der Waals surface area contributed by atoms with Crippen molar-refractivity contribution in [3.8, 4) is 0 Å². The summed E-state index contributed by atoms with van der Waals surface area (Å²) in [6.45, 7) is 0. The maximum Gasteiger partial charge on any atom is 0.460 e. The second-order valence-corrected chi connectivity index (χ2v) is 9.14. The average Bonchev–Trinajstić information content (AvgIpc) is 2.80. The van der Waals surface area contributed by atoms with Crippen LogP contribution < -0.4 is 0 Å². The molecule has 0 spiro atoms. The minimum Gasteiger partial charge on any atom is -0.263 e. The number of halogens is 30. The first kappa shape index (κ1) is 46.0. The van der Waals surface area contributed by atoms with E-state index in [0.717, 1.165) is 0 Å². The van der Waals surface area contributed by atoms with Gasteiger partial charge in [0.25, 0.3) is 0 Å². The number of hydrogen-bond acceptors (Lipinski definition) is 3. The van der Waals surface area contributed by atoms with E-state index < -0.39 is 92.0 Å². The predicted octanol–water partition coefficient (Wildman–Crippen LogP) is 10.1. The van der Waals surface area contributed by atoms with Gasteiger partial charge in [-0.15, -0.1) is 0 Å². The summed E-state index contributed by atoms with van der Waals surface area (Å²) in [5.74, 6) is -89.6. The largest absolute Gasteiger partial charge is 0.460 e. The van der Waals surface area contributed by atoms with Gasteiger partial charge >= 0.3 is 92.0 Å². The Labute approximate surface area is 239 Å². The Bertz CT molecular complexity index is 1100. The fourth-order valence-electron chi connectivity index (χ4n) is 2.26. The molecule has 0 atom stereocenters. The van der Waals surface area contributed by atoms with Crippen LogP contribution in [0.15, 0.2) is 0 Å². The smallest absolute Gasteiger partial charge is 0.263 e. The van der Waals surface area contributed by atoms with Crippen molar-refractivity contribution in [1.82, 2.24) is 0 Å². The van der Waals surface area contributed by atoms with Crippen molar-refractivity contribution in [2.45, 2.75) is 83.8 Å². The zero-order chi connectivity index (χ0) is 40.0. The first-order valence-corrected chi connectivity index (χ1v) is 10.9. The third-order valence-corrected chi connectivity index (χ3v) is 5.87. The van der Waals surface area contributed by atoms with Crippen LogP contribution in [0.1, 0.15) is 0 Å². The molecule has 0 saturated carbocycles. The van der Waals surface area contributed by atoms with Gasteiger partial charge in [-0.3, -0.25) is 4.57 Å². The molecule has 0 unspecified atom stereocenters. The molecule has 0 aromatic heterocycles. The van der Waals surface area contributed by atoms with Crippen LogP contribution in [-0.4, -0.2) is 83.8 Å². The molecule has 0 N–H and O–H groups in total. The maximum atomic E-state index is 13.5. The zero-order valence-electron chi connectivity index (χ0n) is 20.1. The number of hydrogen-bond donors (Lipinski definition) is 0. The summed E-state index contributed by atoms with van der Waals surface area (Å²) in [5.41, 5.74) is 0. The molecule has 0 heterocycles. The van der Waals surface area contributed by atoms with E-state index in [4.69, 9.17) is 0 Å². The Morgan fingerprint density at radius 2 is 0.396 bits per heavy atom. The van der Waals surface area contributed by atoms with Gasteiger partial charge in [0.15, 0.2) is 0 Å². The molecule has 48 heavy (non-hydrogen) atoms. The summed E-state index contributed by atoms with van der Waals surface area (Å²) in [5, 5.41) is 0. The SMILES string of the molecule is O=[PH](OC(F)(F)C(F)(F)C(F)(F)C(F)(F)C(F)(F)C(F)(F)C(F)(F)F)OC(F)(F)C(F)(F)C(F)(F)C(F)(F)C(F)(F)C(F)(F)C(F)(F)F. The van der Waals surface area contributed by atoms with Crippen molar-refractivity contribution >= 4 is 8.25 Å². The predicted molar refractivity (Wildman–Crippen MR) is 82.6 cm³/mol. The molecule has 0 amide bonds. The van der Waals surface area contributed by atoms with Crippen molar-refractivity contribution in [2.75, 3.05) is 0 Å². The van der Waals surface area contributed by atoms with Crippen LogP contribution in [-0.2, 0) is 13.6 Å². The highest BCUT2D eigenvalue weighted by atomic mass is 31.1. The Hall–Kier alpha value is -1.95. The fraction of sp³-hybridized carbons (Fsp3) is 1.00. The topological polar surface area (TPSA) is 35.5 Å². The Morgan fingerprint density at radius 3 is 0.562 bits per heavy atom. The molecule has 0 radical (unpaired) electrons. The van der Waals surface area contributed by atoms with Gasteiger partial charge in [0.1, 0.15) is 0 Å². The third kappa shape index (κ3) is 6.06. The monoisotopic (exact) mass is 818 g/mol. The number of alkyl halides is 30. The standard InChI is InChI=1S/C14HF30O3P/c15-1(16,3(19,20)7(27,28)11(35,36)37)5(23,24)9(31,32)13(41,42)46-48(45)47-14(43,44)10(33,34)6(25,26)2(17,18)4(21,22)8(29,30)12(38,39)40/h48H. The molecule has 0 rings (SSSR count). The normalized spacial score (nSPS) is 17.0. The first-order chi connectivity index (χ1) is 20.1. The van der Waals surface area contributed by atoms with E-state index in [9.17, 15) is 136 Å². The molecule has 0 bridgehead atoms. The second kappa shape index (κ2) is 11.5. The second-order valence-electron chi connectivity index (χ2n) is 8.23. The van der Waals surface area contributed by atoms with Crippen LogP contribution in [0.2, 0.25) is 0 Å². The van der Waals surface area contributed by atoms with Crippen LogP contribution in [0.25, 0.3) is 0 Å². The molecule has 0 aromatic carbocycles. The summed E-state index contributed by atoms with van der Waals surface area (Å²) in [6, 6.07) is 0. The molecule has 290 valence electrons. The van der Waals surface area contributed by atoms with Gasteiger partial charge < -0.3 is 0 Å². The molecule has 0 saturated heterocycles. The molecule has 0 aliphatic rings. The first-order valence-electron chi connectivity index (χ1n) is 9.69. The van der Waals surface area contributed by atoms with Crippen molar-refractivity contribution in [3.63, 3.8) is 0 Å². The molecule has 0 aliphatic carbocycles. The third-order valence-electron chi connectivity index (χ3n) is 5.02. The summed E-state index contributed by atoms with van der Waals surface area (Å²) in [7, 11) is -7.55. The average molecular weight is 818 g/mol. The van der Waals surface area contributed by atoms with Gasteiger partial charge in [0.05, 0.1) is 0 Å². The van der Waals surface area contributed by atoms with Gasteiger partial charge in [-0.25, -0.2) is 9.05 Å². The van der Waals surface area contributed by atoms with Crippen molar-refractivity contribution in [3.05, 3.63) is 0 Å². The fourth-order valence-corrected chi connectivity index (χ4v) is 2.98. The zero-order valence-corrected chi connectivity index (χ0v) is 21.1. The van der Waals surface area contributed by atoms with Crippen LogP contribution in [0, 0.1) is 0 Å². The van der Waals surface area contributed by atoms with Gasteiger partial charge in [-0.05, 0) is 0 Å². The lowest BCUT2D eigenvalue weighted by Crippen LogP contribution is -2.73. The number of rotatable bonds is 14. The Balaban J connectivity index is 6.77. The summed E-state index contributed by atoms with van der Waals surface area (Å²) < 4.78 is 403. The van der Waals surface area contributed by atoms with Gasteiger partial charge in [0.2, 0.25) is 0 Å². The van der Waals surface area contributed by atoms with Crippen molar-refractivity contribution in [1.29, 1.82) is 0 Å². The molecule has 3 nitrogen and oxygen atoms in total. The van der Waals surface area contributed by atoms with E-state index in [2.05, 4.69) is 0 Å². The van der Waals surface area contributed by atoms with E-state index in [0.29, 0.717) is 0 Å². The van der Waals surface area contributed by atoms with Gasteiger partial charge in [0, 0.05) is 0 Å². The van der Waals surface area contributed by atoms with Crippen LogP contribution in [0.3, 0.4) is 0 Å². The highest BCUT2D eigenvalue weighted by molar-refractivity contribution is 7.33. The lowest BCUT2D eigenvalue weighted by molar-refractivity contribution is -0.469. The summed E-state index contributed by atoms with van der Waals surface area (Å²) in [4.78, 5) is 0. The summed E-state index contributed by atoms with van der Waals surface area (Å²) in [6.07, 6.45) is -33.1. The van der Waals surface area contributed by atoms with Gasteiger partial charge in [-0.1, -0.05) is 0 Å². The van der Waals surface area contributed by atoms with E-state index in [1.165, 1.54) is 9.05 Å². The molecule has 34 heteroatoms. The van der Waals surface area contributed by atoms with Crippen molar-refractivity contribution < 1.29 is 145 Å². The molecule has 0 fully saturated rings. The van der Waals surface area contributed by atoms with E-state index in [1.807, 2.05) is 0 Å². The van der Waals surface area contributed by atoms with E-state index in [-0.39, 0.29) is 0 Å². The van der Waals surface area contributed by atoms with Crippen LogP contribution in [0.4, 0.5) is 132 Å². The highest BCUT2D eigenvalue weighted by Crippen LogP contribution is 2.65.